The predicted molar refractivity (Wildman–Crippen MR) is 178 cm³/mol. The summed E-state index contributed by atoms with van der Waals surface area (Å²) in [5.74, 6) is -0.940. The fourth-order valence-electron chi connectivity index (χ4n) is 9.47. The average molecular weight is 652 g/mol. The molecule has 1 N–H and O–H groups in total. The average Bonchev–Trinajstić information content (AvgIpc) is 3.25. The number of aliphatic hydroxyl groups excluding tert-OH is 1. The zero-order valence-electron chi connectivity index (χ0n) is 30.8. The van der Waals surface area contributed by atoms with E-state index in [1.54, 1.807) is 27.9 Å². The monoisotopic (exact) mass is 651 g/mol. The maximum atomic E-state index is 14.3. The highest BCUT2D eigenvalue weighted by molar-refractivity contribution is 6.04. The van der Waals surface area contributed by atoms with E-state index < -0.39 is 41.4 Å². The zero-order valence-corrected chi connectivity index (χ0v) is 30.8. The molecule has 0 aromatic carbocycles. The van der Waals surface area contributed by atoms with Crippen molar-refractivity contribution in [2.75, 3.05) is 41.4 Å². The molecule has 2 bridgehead atoms. The first-order chi connectivity index (χ1) is 21.4. The van der Waals surface area contributed by atoms with Gasteiger partial charge in [0.1, 0.15) is 18.1 Å². The molecule has 0 amide bonds. The number of piperidine rings is 1. The third-order valence-electron chi connectivity index (χ3n) is 11.9. The van der Waals surface area contributed by atoms with Crippen molar-refractivity contribution >= 4 is 11.8 Å². The predicted octanol–water partition coefficient (Wildman–Crippen LogP) is 3.97. The maximum Gasteiger partial charge on any atom is 0.319 e. The Morgan fingerprint density at radius 3 is 2.17 bits per heavy atom. The Kier molecular flexibility index (Phi) is 12.1. The molecule has 266 valence electrons. The van der Waals surface area contributed by atoms with E-state index in [1.165, 1.54) is 12.8 Å². The van der Waals surface area contributed by atoms with Gasteiger partial charge in [0.2, 0.25) is 0 Å². The van der Waals surface area contributed by atoms with E-state index in [4.69, 9.17) is 18.9 Å². The number of aliphatic hydroxyl groups is 1. The van der Waals surface area contributed by atoms with Crippen LogP contribution in [0.5, 0.6) is 0 Å². The Morgan fingerprint density at radius 2 is 1.63 bits per heavy atom. The molecule has 12 atom stereocenters. The number of likely N-dealkylation sites (N-methyl/N-ethyl adjacent to an activating group) is 2. The number of carbonyl (C=O) groups excluding carboxylic acids is 2. The van der Waals surface area contributed by atoms with Gasteiger partial charge in [-0.2, -0.15) is 0 Å². The summed E-state index contributed by atoms with van der Waals surface area (Å²) in [6.07, 6.45) is 3.12. The van der Waals surface area contributed by atoms with Gasteiger partial charge in [-0.3, -0.25) is 19.4 Å². The molecule has 0 aromatic rings. The van der Waals surface area contributed by atoms with Crippen molar-refractivity contribution in [3.05, 3.63) is 0 Å². The Bertz CT molecular complexity index is 1040. The minimum absolute atomic E-state index is 0.0592. The highest BCUT2D eigenvalue weighted by Crippen LogP contribution is 2.43. The highest BCUT2D eigenvalue weighted by atomic mass is 16.7. The number of carbonyl (C=O) groups is 2. The number of fused-ring (bicyclic) bond motifs is 2. The number of methoxy groups -OCH3 is 1. The number of Topliss-reactive ketones (excluding diaryl/α,β-unsaturated/α-hetero) is 1. The van der Waals surface area contributed by atoms with E-state index >= 15 is 0 Å². The van der Waals surface area contributed by atoms with E-state index in [0.29, 0.717) is 36.9 Å². The lowest BCUT2D eigenvalue weighted by molar-refractivity contribution is -0.295. The van der Waals surface area contributed by atoms with Crippen LogP contribution >= 0.6 is 0 Å². The molecule has 46 heavy (non-hydrogen) atoms. The molecule has 4 fully saturated rings. The second-order valence-electron chi connectivity index (χ2n) is 16.5. The van der Waals surface area contributed by atoms with Gasteiger partial charge >= 0.3 is 5.97 Å². The molecule has 10 heteroatoms. The smallest absolute Gasteiger partial charge is 0.319 e. The van der Waals surface area contributed by atoms with Crippen LogP contribution in [0.4, 0.5) is 0 Å². The van der Waals surface area contributed by atoms with Gasteiger partial charge in [-0.25, -0.2) is 0 Å². The lowest BCUT2D eigenvalue weighted by Gasteiger charge is -2.47. The molecule has 0 saturated carbocycles. The maximum absolute atomic E-state index is 14.3. The van der Waals surface area contributed by atoms with E-state index in [9.17, 15) is 14.7 Å². The summed E-state index contributed by atoms with van der Waals surface area (Å²) < 4.78 is 25.2. The first-order valence-corrected chi connectivity index (χ1v) is 17.8. The largest absolute Gasteiger partial charge is 0.463 e. The van der Waals surface area contributed by atoms with Crippen LogP contribution in [0.15, 0.2) is 0 Å². The minimum Gasteiger partial charge on any atom is -0.463 e. The normalized spacial score (nSPS) is 43.7. The van der Waals surface area contributed by atoms with Gasteiger partial charge < -0.3 is 29.0 Å². The van der Waals surface area contributed by atoms with Crippen molar-refractivity contribution in [2.45, 2.75) is 154 Å². The molecular weight excluding hydrogens is 586 g/mol. The van der Waals surface area contributed by atoms with Crippen LogP contribution in [0.2, 0.25) is 0 Å². The van der Waals surface area contributed by atoms with Crippen molar-refractivity contribution < 1.29 is 33.6 Å². The van der Waals surface area contributed by atoms with Crippen LogP contribution < -0.4 is 0 Å². The second-order valence-corrected chi connectivity index (χ2v) is 16.5. The van der Waals surface area contributed by atoms with E-state index in [0.717, 1.165) is 19.4 Å². The molecule has 4 aliphatic rings. The van der Waals surface area contributed by atoms with E-state index in [2.05, 4.69) is 37.6 Å². The van der Waals surface area contributed by atoms with Crippen molar-refractivity contribution in [1.29, 1.82) is 0 Å². The number of ketones is 1. The van der Waals surface area contributed by atoms with Crippen molar-refractivity contribution in [1.82, 2.24) is 14.7 Å². The molecule has 0 spiro atoms. The summed E-state index contributed by atoms with van der Waals surface area (Å²) >= 11 is 0. The highest BCUT2D eigenvalue weighted by Gasteiger charge is 2.52. The summed E-state index contributed by atoms with van der Waals surface area (Å²) in [5.41, 5.74) is -2.30. The van der Waals surface area contributed by atoms with Gasteiger partial charge in [-0.1, -0.05) is 13.8 Å². The molecule has 0 radical (unpaired) electrons. The molecule has 4 saturated heterocycles. The van der Waals surface area contributed by atoms with Gasteiger partial charge in [-0.05, 0) is 113 Å². The number of cyclic esters (lactones) is 1. The topological polar surface area (TPSA) is 101 Å². The van der Waals surface area contributed by atoms with Gasteiger partial charge in [0.05, 0.1) is 17.8 Å². The first-order valence-electron chi connectivity index (χ1n) is 17.8. The SMILES string of the molecule is CO[C@]1(C)C[C@@H](C)CN(C)C(C2C[C@H]3CC[C@@H](C2)N3C(C)C)COC(=O)C(C)(C)C(=O)[C@H](C)[C@H]1O[C@@H]1O[C@H](C)C[C@H](N(C)C)[C@H]1O. The number of nitrogens with zero attached hydrogens (tertiary/aromatic N) is 3. The molecule has 10 nitrogen and oxygen atoms in total. The van der Waals surface area contributed by atoms with Gasteiger partial charge in [0.25, 0.3) is 0 Å². The van der Waals surface area contributed by atoms with Crippen molar-refractivity contribution in [2.24, 2.45) is 23.2 Å². The fourth-order valence-corrected chi connectivity index (χ4v) is 9.47. The summed E-state index contributed by atoms with van der Waals surface area (Å²) in [7, 11) is 7.68. The molecule has 4 aliphatic heterocycles. The van der Waals surface area contributed by atoms with Gasteiger partial charge in [0, 0.05) is 49.8 Å². The summed E-state index contributed by atoms with van der Waals surface area (Å²) in [6, 6.07) is 1.55. The minimum atomic E-state index is -1.40. The lowest BCUT2D eigenvalue weighted by atomic mass is 9.74. The zero-order chi connectivity index (χ0) is 34.3. The summed E-state index contributed by atoms with van der Waals surface area (Å²) in [4.78, 5) is 35.2. The Morgan fingerprint density at radius 1 is 1.02 bits per heavy atom. The Balaban J connectivity index is 1.65. The standard InChI is InChI=1S/C36H65N3O7/c1-21(2)39-26-13-14-27(39)17-25(16-26)29-20-44-34(42)35(6,7)31(41)24(5)32(36(8,43-12)18-22(3)19-38(29)11)46-33-30(40)28(37(9)10)15-23(4)45-33/h21-30,32-33,40H,13-20H2,1-12H3/t22-,23-,24+,25?,26-,27+,28+,29?,30-,32-,33+,36-/m1/s1. The third-order valence-corrected chi connectivity index (χ3v) is 11.9. The fraction of sp³-hybridized carbons (Fsp3) is 0.944. The van der Waals surface area contributed by atoms with E-state index in [1.807, 2.05) is 32.8 Å². The van der Waals surface area contributed by atoms with Crippen LogP contribution in [0.3, 0.4) is 0 Å². The van der Waals surface area contributed by atoms with Crippen molar-refractivity contribution in [3.63, 3.8) is 0 Å². The Labute approximate surface area is 278 Å². The van der Waals surface area contributed by atoms with Crippen molar-refractivity contribution in [3.8, 4) is 0 Å². The van der Waals surface area contributed by atoms with Crippen LogP contribution in [0.1, 0.15) is 93.9 Å². The van der Waals surface area contributed by atoms with Crippen LogP contribution in [0.25, 0.3) is 0 Å². The molecule has 4 heterocycles. The number of ether oxygens (including phenoxy) is 4. The summed E-state index contributed by atoms with van der Waals surface area (Å²) in [6.45, 7) is 16.9. The van der Waals surface area contributed by atoms with Crippen LogP contribution in [0, 0.1) is 23.2 Å². The first kappa shape index (κ1) is 37.7. The second kappa shape index (κ2) is 14.8. The van der Waals surface area contributed by atoms with Gasteiger partial charge in [0.15, 0.2) is 12.1 Å². The molecule has 4 rings (SSSR count). The molecular formula is C36H65N3O7. The number of hydrogen-bond acceptors (Lipinski definition) is 10. The van der Waals surface area contributed by atoms with Gasteiger partial charge in [-0.15, -0.1) is 0 Å². The van der Waals surface area contributed by atoms with E-state index in [-0.39, 0.29) is 36.5 Å². The number of esters is 1. The quantitative estimate of drug-likeness (QED) is 0.336. The summed E-state index contributed by atoms with van der Waals surface area (Å²) in [5, 5.41) is 11.4. The molecule has 2 unspecified atom stereocenters. The number of hydrogen-bond donors (Lipinski definition) is 1. The number of rotatable bonds is 6. The van der Waals surface area contributed by atoms with Crippen LogP contribution in [-0.4, -0.2) is 133 Å². The lowest BCUT2D eigenvalue weighted by Crippen LogP contribution is -2.59. The molecule has 0 aromatic heterocycles. The third kappa shape index (κ3) is 7.68. The Hall–Kier alpha value is -1.14. The molecule has 0 aliphatic carbocycles. The van der Waals surface area contributed by atoms with Crippen LogP contribution in [-0.2, 0) is 28.5 Å².